The van der Waals surface area contributed by atoms with Crippen LogP contribution in [0.2, 0.25) is 0 Å². The van der Waals surface area contributed by atoms with E-state index < -0.39 is 0 Å². The molecular formula is C30H56NO2S+. The SMILES string of the molecule is CCCCCCCCCCCCCC[C@H]1CO[C@H](COCCCCCCCC[n+]2ccsc2)C1. The Morgan fingerprint density at radius 1 is 0.794 bits per heavy atom. The molecule has 1 aromatic heterocycles. The van der Waals surface area contributed by atoms with Crippen molar-refractivity contribution in [3.05, 3.63) is 17.1 Å². The number of ether oxygens (including phenoxy) is 2. The standard InChI is InChI=1S/C30H56NO2S/c1-2-3-4-5-6-7-8-9-10-11-14-17-20-29-25-30(33-26-29)27-32-23-19-16-13-12-15-18-21-31-22-24-34-28-31/h22,24,28-30H,2-21,23,25-27H2,1H3/q+1/t29-,30+/m1/s1. The summed E-state index contributed by atoms with van der Waals surface area (Å²) in [5.74, 6) is 0.781. The molecule has 0 N–H and O–H groups in total. The molecule has 0 saturated carbocycles. The van der Waals surface area contributed by atoms with Crippen molar-refractivity contribution < 1.29 is 14.0 Å². The number of hydrogen-bond acceptors (Lipinski definition) is 3. The van der Waals surface area contributed by atoms with Crippen LogP contribution < -0.4 is 4.57 Å². The van der Waals surface area contributed by atoms with Crippen molar-refractivity contribution >= 4 is 11.3 Å². The Morgan fingerprint density at radius 2 is 1.41 bits per heavy atom. The fourth-order valence-electron chi connectivity index (χ4n) is 5.18. The first-order valence-corrected chi connectivity index (χ1v) is 15.9. The number of thiazole rings is 1. The largest absolute Gasteiger partial charge is 0.379 e. The predicted octanol–water partition coefficient (Wildman–Crippen LogP) is 8.89. The average molecular weight is 495 g/mol. The number of rotatable bonds is 24. The van der Waals surface area contributed by atoms with Gasteiger partial charge in [0.2, 0.25) is 5.51 Å². The maximum atomic E-state index is 6.00. The lowest BCUT2D eigenvalue weighted by Crippen LogP contribution is -2.29. The molecule has 34 heavy (non-hydrogen) atoms. The van der Waals surface area contributed by atoms with Gasteiger partial charge in [-0.05, 0) is 31.6 Å². The minimum atomic E-state index is 0.358. The van der Waals surface area contributed by atoms with Gasteiger partial charge in [-0.3, -0.25) is 0 Å². The topological polar surface area (TPSA) is 22.3 Å². The Kier molecular flexibility index (Phi) is 19.1. The normalized spacial score (nSPS) is 18.1. The number of aromatic nitrogens is 1. The molecule has 0 aliphatic carbocycles. The number of unbranched alkanes of at least 4 members (excludes halogenated alkanes) is 16. The van der Waals surface area contributed by atoms with Gasteiger partial charge in [0.05, 0.1) is 18.1 Å². The highest BCUT2D eigenvalue weighted by atomic mass is 32.1. The molecule has 198 valence electrons. The van der Waals surface area contributed by atoms with Gasteiger partial charge in [-0.2, -0.15) is 4.57 Å². The Morgan fingerprint density at radius 3 is 2.06 bits per heavy atom. The van der Waals surface area contributed by atoms with Crippen LogP contribution in [0.4, 0.5) is 0 Å². The highest BCUT2D eigenvalue weighted by molar-refractivity contribution is 7.07. The summed E-state index contributed by atoms with van der Waals surface area (Å²) in [6.07, 6.45) is 30.2. The molecule has 1 aliphatic rings. The molecule has 0 radical (unpaired) electrons. The van der Waals surface area contributed by atoms with E-state index in [1.165, 1.54) is 135 Å². The fourth-order valence-corrected chi connectivity index (χ4v) is 5.81. The lowest BCUT2D eigenvalue weighted by atomic mass is 9.97. The molecule has 2 atom stereocenters. The minimum Gasteiger partial charge on any atom is -0.379 e. The first-order chi connectivity index (χ1) is 16.9. The molecule has 0 bridgehead atoms. The molecule has 2 heterocycles. The van der Waals surface area contributed by atoms with Crippen LogP contribution in [-0.4, -0.2) is 25.9 Å². The van der Waals surface area contributed by atoms with Gasteiger partial charge in [0.1, 0.15) is 6.54 Å². The maximum Gasteiger partial charge on any atom is 0.224 e. The van der Waals surface area contributed by atoms with Crippen molar-refractivity contribution in [2.24, 2.45) is 5.92 Å². The number of hydrogen-bond donors (Lipinski definition) is 0. The van der Waals surface area contributed by atoms with Crippen molar-refractivity contribution in [1.82, 2.24) is 0 Å². The molecular weight excluding hydrogens is 438 g/mol. The van der Waals surface area contributed by atoms with Crippen LogP contribution >= 0.6 is 11.3 Å². The minimum absolute atomic E-state index is 0.358. The van der Waals surface area contributed by atoms with Crippen LogP contribution in [0.25, 0.3) is 0 Å². The van der Waals surface area contributed by atoms with E-state index in [2.05, 4.69) is 28.6 Å². The maximum absolute atomic E-state index is 6.00. The molecule has 0 amide bonds. The third-order valence-electron chi connectivity index (χ3n) is 7.42. The first-order valence-electron chi connectivity index (χ1n) is 15.0. The summed E-state index contributed by atoms with van der Waals surface area (Å²) in [5, 5.41) is 2.15. The van der Waals surface area contributed by atoms with Crippen molar-refractivity contribution in [1.29, 1.82) is 0 Å². The molecule has 1 saturated heterocycles. The molecule has 1 fully saturated rings. The van der Waals surface area contributed by atoms with Gasteiger partial charge in [-0.15, -0.1) is 0 Å². The lowest BCUT2D eigenvalue weighted by Gasteiger charge is -2.10. The molecule has 1 aromatic rings. The number of nitrogens with zero attached hydrogens (tertiary/aromatic N) is 1. The van der Waals surface area contributed by atoms with Crippen molar-refractivity contribution in [3.8, 4) is 0 Å². The van der Waals surface area contributed by atoms with Crippen molar-refractivity contribution in [3.63, 3.8) is 0 Å². The third kappa shape index (κ3) is 16.3. The van der Waals surface area contributed by atoms with Gasteiger partial charge in [0.25, 0.3) is 0 Å². The summed E-state index contributed by atoms with van der Waals surface area (Å²) in [7, 11) is 0. The van der Waals surface area contributed by atoms with Gasteiger partial charge < -0.3 is 9.47 Å². The smallest absolute Gasteiger partial charge is 0.224 e. The molecule has 2 rings (SSSR count). The molecule has 3 nitrogen and oxygen atoms in total. The highest BCUT2D eigenvalue weighted by Crippen LogP contribution is 2.25. The van der Waals surface area contributed by atoms with Crippen LogP contribution in [0.1, 0.15) is 135 Å². The van der Waals surface area contributed by atoms with Gasteiger partial charge in [0.15, 0.2) is 6.20 Å². The van der Waals surface area contributed by atoms with Crippen LogP contribution in [0.5, 0.6) is 0 Å². The van der Waals surface area contributed by atoms with Gasteiger partial charge >= 0.3 is 0 Å². The Hall–Kier alpha value is -0.450. The zero-order valence-electron chi connectivity index (χ0n) is 22.5. The number of aryl methyl sites for hydroxylation is 1. The van der Waals surface area contributed by atoms with Crippen LogP contribution in [0.15, 0.2) is 17.1 Å². The van der Waals surface area contributed by atoms with E-state index in [1.807, 2.05) is 0 Å². The highest BCUT2D eigenvalue weighted by Gasteiger charge is 2.24. The Balaban J connectivity index is 1.26. The van der Waals surface area contributed by atoms with Crippen LogP contribution in [0.3, 0.4) is 0 Å². The summed E-state index contributed by atoms with van der Waals surface area (Å²) in [6.45, 7) is 6.16. The summed E-state index contributed by atoms with van der Waals surface area (Å²) >= 11 is 1.78. The molecule has 0 unspecified atom stereocenters. The van der Waals surface area contributed by atoms with E-state index in [0.717, 1.165) is 25.7 Å². The molecule has 4 heteroatoms. The molecule has 0 spiro atoms. The fraction of sp³-hybridized carbons (Fsp3) is 0.900. The molecule has 0 aromatic carbocycles. The van der Waals surface area contributed by atoms with Crippen molar-refractivity contribution in [2.75, 3.05) is 19.8 Å². The zero-order valence-corrected chi connectivity index (χ0v) is 23.3. The van der Waals surface area contributed by atoms with E-state index in [4.69, 9.17) is 9.47 Å². The van der Waals surface area contributed by atoms with E-state index in [1.54, 1.807) is 11.3 Å². The summed E-state index contributed by atoms with van der Waals surface area (Å²) in [6, 6.07) is 0. The summed E-state index contributed by atoms with van der Waals surface area (Å²) in [5.41, 5.74) is 2.20. The van der Waals surface area contributed by atoms with E-state index in [9.17, 15) is 0 Å². The van der Waals surface area contributed by atoms with Gasteiger partial charge in [-0.1, -0.05) is 115 Å². The quantitative estimate of drug-likeness (QED) is 0.106. The second kappa shape index (κ2) is 21.8. The van der Waals surface area contributed by atoms with Crippen molar-refractivity contribution in [2.45, 2.75) is 148 Å². The second-order valence-electron chi connectivity index (χ2n) is 10.7. The van der Waals surface area contributed by atoms with Gasteiger partial charge in [-0.25, -0.2) is 0 Å². The Labute approximate surface area is 216 Å². The predicted molar refractivity (Wildman–Crippen MR) is 147 cm³/mol. The van der Waals surface area contributed by atoms with Crippen LogP contribution in [0, 0.1) is 5.92 Å². The van der Waals surface area contributed by atoms with Gasteiger partial charge in [0, 0.05) is 19.6 Å². The monoisotopic (exact) mass is 494 g/mol. The lowest BCUT2D eigenvalue weighted by molar-refractivity contribution is -0.692. The molecule has 1 aliphatic heterocycles. The Bertz CT molecular complexity index is 536. The van der Waals surface area contributed by atoms with E-state index >= 15 is 0 Å². The van der Waals surface area contributed by atoms with Crippen LogP contribution in [-0.2, 0) is 16.0 Å². The first kappa shape index (κ1) is 29.8. The second-order valence-corrected chi connectivity index (χ2v) is 11.5. The average Bonchev–Trinajstić information content (AvgIpc) is 3.53. The van der Waals surface area contributed by atoms with E-state index in [-0.39, 0.29) is 0 Å². The summed E-state index contributed by atoms with van der Waals surface area (Å²) in [4.78, 5) is 0. The zero-order chi connectivity index (χ0) is 23.9. The summed E-state index contributed by atoms with van der Waals surface area (Å²) < 4.78 is 14.2. The van der Waals surface area contributed by atoms with E-state index in [0.29, 0.717) is 6.10 Å². The third-order valence-corrected chi connectivity index (χ3v) is 8.09.